The van der Waals surface area contributed by atoms with Gasteiger partial charge >= 0.3 is 0 Å². The Hall–Kier alpha value is -7.04. The fourth-order valence-electron chi connectivity index (χ4n) is 7.78. The highest BCUT2D eigenvalue weighted by molar-refractivity contribution is 6.12. The van der Waals surface area contributed by atoms with Crippen LogP contribution in [0.4, 0.5) is 17.1 Å². The van der Waals surface area contributed by atoms with Crippen LogP contribution in [0.25, 0.3) is 88.1 Å². The Morgan fingerprint density at radius 3 is 1.63 bits per heavy atom. The zero-order valence-corrected chi connectivity index (χ0v) is 27.9. The van der Waals surface area contributed by atoms with Crippen molar-refractivity contribution in [1.82, 2.24) is 0 Å². The van der Waals surface area contributed by atoms with E-state index < -0.39 is 0 Å². The van der Waals surface area contributed by atoms with Gasteiger partial charge in [0, 0.05) is 61.0 Å². The van der Waals surface area contributed by atoms with E-state index in [1.807, 2.05) is 24.3 Å². The van der Waals surface area contributed by atoms with Gasteiger partial charge in [0.05, 0.1) is 0 Å². The summed E-state index contributed by atoms with van der Waals surface area (Å²) in [4.78, 5) is 2.25. The first-order valence-electron chi connectivity index (χ1n) is 17.5. The molecule has 0 unspecified atom stereocenters. The maximum absolute atomic E-state index is 6.69. The molecule has 0 atom stereocenters. The molecule has 0 fully saturated rings. The van der Waals surface area contributed by atoms with E-state index in [1.54, 1.807) is 0 Å². The van der Waals surface area contributed by atoms with Crippen LogP contribution < -0.4 is 4.90 Å². The standard InChI is InChI=1S/C48H29NO3/c1-3-10-33(11-4-1)49(34-12-5-2-6-13-34)35-21-24-39-38-23-19-32(28-45(38)51-47(39)29-35)36-15-9-16-41-40-22-18-31(27-46(40)52-48(36)41)30-20-25-44-42(26-30)37-14-7-8-17-43(37)50-44/h1-29H. The van der Waals surface area contributed by atoms with Crippen LogP contribution in [0.1, 0.15) is 0 Å². The minimum Gasteiger partial charge on any atom is -0.456 e. The monoisotopic (exact) mass is 667 g/mol. The maximum Gasteiger partial charge on any atom is 0.143 e. The summed E-state index contributed by atoms with van der Waals surface area (Å²) in [5.41, 5.74) is 12.7. The highest BCUT2D eigenvalue weighted by atomic mass is 16.3. The summed E-state index contributed by atoms with van der Waals surface area (Å²) < 4.78 is 19.4. The highest BCUT2D eigenvalue weighted by Gasteiger charge is 2.18. The van der Waals surface area contributed by atoms with Gasteiger partial charge in [0.2, 0.25) is 0 Å². The molecule has 3 aromatic heterocycles. The van der Waals surface area contributed by atoms with Crippen molar-refractivity contribution in [3.8, 4) is 22.3 Å². The summed E-state index contributed by atoms with van der Waals surface area (Å²) >= 11 is 0. The molecule has 0 amide bonds. The van der Waals surface area contributed by atoms with Crippen molar-refractivity contribution < 1.29 is 13.3 Å². The van der Waals surface area contributed by atoms with Gasteiger partial charge in [0.25, 0.3) is 0 Å². The Bertz CT molecular complexity index is 3090. The number of fused-ring (bicyclic) bond motifs is 9. The average molecular weight is 668 g/mol. The summed E-state index contributed by atoms with van der Waals surface area (Å²) in [6.45, 7) is 0. The number of benzene rings is 8. The smallest absolute Gasteiger partial charge is 0.143 e. The molecule has 0 aliphatic carbocycles. The molecule has 3 heterocycles. The molecular formula is C48H29NO3. The first kappa shape index (κ1) is 28.8. The highest BCUT2D eigenvalue weighted by Crippen LogP contribution is 2.42. The number of hydrogen-bond donors (Lipinski definition) is 0. The molecule has 52 heavy (non-hydrogen) atoms. The Morgan fingerprint density at radius 2 is 0.827 bits per heavy atom. The third kappa shape index (κ3) is 4.48. The second-order valence-corrected chi connectivity index (χ2v) is 13.3. The Kier molecular flexibility index (Phi) is 6.22. The van der Waals surface area contributed by atoms with Gasteiger partial charge in [-0.2, -0.15) is 0 Å². The lowest BCUT2D eigenvalue weighted by Gasteiger charge is -2.25. The molecule has 0 aliphatic rings. The second kappa shape index (κ2) is 11.2. The van der Waals surface area contributed by atoms with E-state index in [-0.39, 0.29) is 0 Å². The van der Waals surface area contributed by atoms with Gasteiger partial charge < -0.3 is 18.2 Å². The normalized spacial score (nSPS) is 11.8. The zero-order valence-electron chi connectivity index (χ0n) is 27.9. The van der Waals surface area contributed by atoms with Crippen LogP contribution in [-0.2, 0) is 0 Å². The lowest BCUT2D eigenvalue weighted by Crippen LogP contribution is -2.09. The lowest BCUT2D eigenvalue weighted by atomic mass is 9.99. The molecule has 0 bridgehead atoms. The molecule has 4 nitrogen and oxygen atoms in total. The minimum atomic E-state index is 0.841. The van der Waals surface area contributed by atoms with Gasteiger partial charge in [-0.1, -0.05) is 91.0 Å². The van der Waals surface area contributed by atoms with E-state index in [1.165, 1.54) is 0 Å². The molecule has 0 aliphatic heterocycles. The first-order valence-corrected chi connectivity index (χ1v) is 17.5. The molecule has 244 valence electrons. The molecule has 0 saturated carbocycles. The van der Waals surface area contributed by atoms with Crippen LogP contribution in [0.5, 0.6) is 0 Å². The Labute approximate surface area is 298 Å². The Morgan fingerprint density at radius 1 is 0.288 bits per heavy atom. The van der Waals surface area contributed by atoms with Gasteiger partial charge in [-0.25, -0.2) is 0 Å². The van der Waals surface area contributed by atoms with Crippen molar-refractivity contribution in [2.45, 2.75) is 0 Å². The van der Waals surface area contributed by atoms with E-state index >= 15 is 0 Å². The van der Waals surface area contributed by atoms with Crippen molar-refractivity contribution in [1.29, 1.82) is 0 Å². The number of anilines is 3. The molecule has 11 aromatic rings. The van der Waals surface area contributed by atoms with Gasteiger partial charge in [0.1, 0.15) is 33.5 Å². The quantitative estimate of drug-likeness (QED) is 0.183. The van der Waals surface area contributed by atoms with Crippen molar-refractivity contribution in [3.63, 3.8) is 0 Å². The fraction of sp³-hybridized carbons (Fsp3) is 0. The minimum absolute atomic E-state index is 0.841. The number of furan rings is 3. The third-order valence-corrected chi connectivity index (χ3v) is 10.3. The molecule has 8 aromatic carbocycles. The van der Waals surface area contributed by atoms with Crippen LogP contribution >= 0.6 is 0 Å². The van der Waals surface area contributed by atoms with Crippen LogP contribution in [0.15, 0.2) is 189 Å². The summed E-state index contributed by atoms with van der Waals surface area (Å²) in [7, 11) is 0. The number of para-hydroxylation sites is 4. The SMILES string of the molecule is c1ccc(N(c2ccccc2)c2ccc3c(c2)oc2cc(-c4cccc5c4oc4cc(-c6ccc7oc8ccccc8c7c6)ccc45)ccc23)cc1. The lowest BCUT2D eigenvalue weighted by molar-refractivity contribution is 0.668. The molecular weight excluding hydrogens is 639 g/mol. The van der Waals surface area contributed by atoms with E-state index in [4.69, 9.17) is 13.3 Å². The zero-order chi connectivity index (χ0) is 34.2. The van der Waals surface area contributed by atoms with Crippen molar-refractivity contribution in [2.75, 3.05) is 4.90 Å². The van der Waals surface area contributed by atoms with Crippen LogP contribution in [-0.4, -0.2) is 0 Å². The average Bonchev–Trinajstić information content (AvgIpc) is 3.89. The van der Waals surface area contributed by atoms with E-state index in [2.05, 4.69) is 157 Å². The van der Waals surface area contributed by atoms with E-state index in [0.29, 0.717) is 0 Å². The largest absolute Gasteiger partial charge is 0.456 e. The first-order chi connectivity index (χ1) is 25.7. The molecule has 0 spiro atoms. The van der Waals surface area contributed by atoms with Gasteiger partial charge in [-0.05, 0) is 95.6 Å². The third-order valence-electron chi connectivity index (χ3n) is 10.3. The van der Waals surface area contributed by atoms with E-state index in [9.17, 15) is 0 Å². The van der Waals surface area contributed by atoms with E-state index in [0.717, 1.165) is 105 Å². The molecule has 0 N–H and O–H groups in total. The second-order valence-electron chi connectivity index (χ2n) is 13.3. The number of hydrogen-bond acceptors (Lipinski definition) is 4. The summed E-state index contributed by atoms with van der Waals surface area (Å²) in [5, 5.41) is 6.59. The summed E-state index contributed by atoms with van der Waals surface area (Å²) in [6.07, 6.45) is 0. The Balaban J connectivity index is 0.993. The fourth-order valence-corrected chi connectivity index (χ4v) is 7.78. The van der Waals surface area contributed by atoms with Gasteiger partial charge in [0.15, 0.2) is 0 Å². The van der Waals surface area contributed by atoms with Crippen molar-refractivity contribution in [2.24, 2.45) is 0 Å². The molecule has 4 heteroatoms. The summed E-state index contributed by atoms with van der Waals surface area (Å²) in [5.74, 6) is 0. The predicted molar refractivity (Wildman–Crippen MR) is 214 cm³/mol. The van der Waals surface area contributed by atoms with Crippen LogP contribution in [0.2, 0.25) is 0 Å². The van der Waals surface area contributed by atoms with Gasteiger partial charge in [-0.3, -0.25) is 0 Å². The van der Waals surface area contributed by atoms with Crippen molar-refractivity contribution in [3.05, 3.63) is 176 Å². The van der Waals surface area contributed by atoms with Crippen LogP contribution in [0, 0.1) is 0 Å². The number of rotatable bonds is 5. The molecule has 0 saturated heterocycles. The topological polar surface area (TPSA) is 42.7 Å². The van der Waals surface area contributed by atoms with Gasteiger partial charge in [-0.15, -0.1) is 0 Å². The van der Waals surface area contributed by atoms with Crippen molar-refractivity contribution >= 4 is 82.9 Å². The van der Waals surface area contributed by atoms with Crippen LogP contribution in [0.3, 0.4) is 0 Å². The molecule has 0 radical (unpaired) electrons. The summed E-state index contributed by atoms with van der Waals surface area (Å²) in [6, 6.07) is 61.3. The molecule has 11 rings (SSSR count). The number of nitrogens with zero attached hydrogens (tertiary/aromatic N) is 1. The maximum atomic E-state index is 6.69. The predicted octanol–water partition coefficient (Wildman–Crippen LogP) is 14.2.